The number of rotatable bonds is 6. The van der Waals surface area contributed by atoms with E-state index in [4.69, 9.17) is 28.4 Å². The van der Waals surface area contributed by atoms with Crippen LogP contribution in [0.15, 0.2) is 24.3 Å². The molecule has 64 heavy (non-hydrogen) atoms. The smallest absolute Gasteiger partial charge is 0.330 e. The van der Waals surface area contributed by atoms with Gasteiger partial charge in [-0.05, 0) is 119 Å². The van der Waals surface area contributed by atoms with Gasteiger partial charge < -0.3 is 69.1 Å². The lowest BCUT2D eigenvalue weighted by molar-refractivity contribution is -0.352. The summed E-state index contributed by atoms with van der Waals surface area (Å²) in [6, 6.07) is 0.128. The van der Waals surface area contributed by atoms with Crippen LogP contribution in [0, 0.1) is 17.8 Å². The van der Waals surface area contributed by atoms with Crippen LogP contribution < -0.4 is 0 Å². The highest BCUT2D eigenvalue weighted by Gasteiger charge is 2.56. The van der Waals surface area contributed by atoms with E-state index in [0.717, 1.165) is 44.3 Å². The number of hydrogen-bond acceptors (Lipinski definition) is 15. The molecule has 4 fully saturated rings. The van der Waals surface area contributed by atoms with Crippen LogP contribution in [0.25, 0.3) is 0 Å². The van der Waals surface area contributed by atoms with Crippen LogP contribution in [0.1, 0.15) is 152 Å². The lowest BCUT2D eigenvalue weighted by atomic mass is 9.79. The minimum atomic E-state index is -2.08. The van der Waals surface area contributed by atoms with Crippen LogP contribution >= 0.6 is 0 Å². The molecule has 1 spiro atoms. The lowest BCUT2D eigenvalue weighted by Crippen LogP contribution is -2.58. The van der Waals surface area contributed by atoms with Gasteiger partial charge in [0.05, 0.1) is 47.8 Å². The van der Waals surface area contributed by atoms with E-state index in [1.54, 1.807) is 0 Å². The van der Waals surface area contributed by atoms with Crippen molar-refractivity contribution >= 4 is 5.97 Å². The Kier molecular flexibility index (Phi) is 18.2. The summed E-state index contributed by atoms with van der Waals surface area (Å²) < 4.78 is 38.7. The highest BCUT2D eigenvalue weighted by molar-refractivity contribution is 5.82. The molecule has 0 aromatic rings. The molecule has 0 aromatic heterocycles. The number of fused-ring (bicyclic) bond motifs is 3. The first-order valence-corrected chi connectivity index (χ1v) is 24.3. The summed E-state index contributed by atoms with van der Waals surface area (Å²) in [6.45, 7) is 14.0. The van der Waals surface area contributed by atoms with Gasteiger partial charge in [-0.1, -0.05) is 45.8 Å². The van der Waals surface area contributed by atoms with Crippen LogP contribution in [-0.4, -0.2) is 156 Å². The number of ether oxygens (including phenoxy) is 6. The van der Waals surface area contributed by atoms with Gasteiger partial charge in [-0.25, -0.2) is 4.79 Å². The number of esters is 1. The number of nitrogens with zero attached hydrogens (tertiary/aromatic N) is 1. The summed E-state index contributed by atoms with van der Waals surface area (Å²) in [5, 5.41) is 81.8. The quantitative estimate of drug-likeness (QED) is 0.141. The Morgan fingerprint density at radius 1 is 0.859 bits per heavy atom. The molecule has 0 radical (unpaired) electrons. The van der Waals surface area contributed by atoms with Crippen molar-refractivity contribution in [2.45, 2.75) is 247 Å². The van der Waals surface area contributed by atoms with Crippen LogP contribution in [-0.2, 0) is 33.2 Å². The van der Waals surface area contributed by atoms with E-state index in [0.29, 0.717) is 44.9 Å². The zero-order valence-corrected chi connectivity index (χ0v) is 40.4. The number of allylic oxidation sites excluding steroid dienone is 1. The molecule has 7 N–H and O–H groups in total. The maximum atomic E-state index is 13.8. The van der Waals surface area contributed by atoms with Crippen molar-refractivity contribution in [3.63, 3.8) is 0 Å². The molecule has 15 nitrogen and oxygen atoms in total. The molecule has 0 unspecified atom stereocenters. The summed E-state index contributed by atoms with van der Waals surface area (Å²) in [5.74, 6) is -5.49. The maximum Gasteiger partial charge on any atom is 0.330 e. The Balaban J connectivity index is 1.45. The molecule has 4 saturated heterocycles. The summed E-state index contributed by atoms with van der Waals surface area (Å²) >= 11 is 0. The Hall–Kier alpha value is -1.57. The minimum Gasteiger partial charge on any atom is -0.459 e. The van der Waals surface area contributed by atoms with Gasteiger partial charge in [0.15, 0.2) is 17.9 Å². The van der Waals surface area contributed by atoms with Gasteiger partial charge >= 0.3 is 5.97 Å². The summed E-state index contributed by atoms with van der Waals surface area (Å²) in [7, 11) is 3.94. The molecule has 2 bridgehead atoms. The van der Waals surface area contributed by atoms with Crippen molar-refractivity contribution in [3.8, 4) is 0 Å². The average molecular weight is 912 g/mol. The van der Waals surface area contributed by atoms with E-state index in [1.807, 2.05) is 54.8 Å². The van der Waals surface area contributed by atoms with Crippen LogP contribution in [0.5, 0.6) is 0 Å². The number of aliphatic hydroxyl groups excluding tert-OH is 4. The first-order valence-electron chi connectivity index (χ1n) is 24.3. The highest BCUT2D eigenvalue weighted by Crippen LogP contribution is 2.49. The third-order valence-corrected chi connectivity index (χ3v) is 15.0. The molecular formula is C49H85NO14. The second-order valence-corrected chi connectivity index (χ2v) is 21.4. The fourth-order valence-corrected chi connectivity index (χ4v) is 10.9. The van der Waals surface area contributed by atoms with E-state index in [1.165, 1.54) is 20.8 Å². The van der Waals surface area contributed by atoms with Crippen molar-refractivity contribution in [1.29, 1.82) is 0 Å². The highest BCUT2D eigenvalue weighted by atomic mass is 16.7. The van der Waals surface area contributed by atoms with Crippen molar-refractivity contribution in [2.75, 3.05) is 14.1 Å². The van der Waals surface area contributed by atoms with Crippen molar-refractivity contribution in [2.24, 2.45) is 17.8 Å². The number of carbonyl (C=O) groups excluding carboxylic acids is 1. The Morgan fingerprint density at radius 2 is 1.58 bits per heavy atom. The zero-order valence-electron chi connectivity index (χ0n) is 40.4. The molecule has 0 aliphatic carbocycles. The van der Waals surface area contributed by atoms with Crippen LogP contribution in [0.2, 0.25) is 0 Å². The number of likely N-dealkylation sites (N-methyl/N-ethyl adjacent to an activating group) is 1. The monoisotopic (exact) mass is 912 g/mol. The van der Waals surface area contributed by atoms with Gasteiger partial charge in [-0.15, -0.1) is 0 Å². The molecule has 5 heterocycles. The minimum absolute atomic E-state index is 0.0790. The molecule has 5 aliphatic rings. The van der Waals surface area contributed by atoms with E-state index in [9.17, 15) is 40.5 Å². The van der Waals surface area contributed by atoms with Gasteiger partial charge in [0.1, 0.15) is 23.9 Å². The second kappa shape index (κ2) is 21.8. The van der Waals surface area contributed by atoms with Gasteiger partial charge in [-0.3, -0.25) is 0 Å². The first kappa shape index (κ1) is 53.4. The SMILES string of the molecule is CC[C@@H](O)C[C@H]1CCC[C@@]2(C[C@@H]3OC(=O)/C=C/[C@@](C)(O)[C@H](O)[C@H](C)[C@H](O)[C@H](O[C@H]4CC[C@H](N(C)C)[C@H](C)O4)[C@@H](O)[C@](C)(O)CCCCC/C=C\[C@@H]4CC(C)(C)O[C@@]4(O)C[C@H](O2)[C@H]3C)O1. The zero-order chi connectivity index (χ0) is 47.4. The maximum absolute atomic E-state index is 13.8. The van der Waals surface area contributed by atoms with Crippen LogP contribution in [0.4, 0.5) is 0 Å². The topological polar surface area (TPSA) is 217 Å². The molecule has 15 heteroatoms. The number of hydrogen-bond donors (Lipinski definition) is 7. The summed E-state index contributed by atoms with van der Waals surface area (Å²) in [6.07, 6.45) is 4.66. The molecular weight excluding hydrogens is 827 g/mol. The predicted molar refractivity (Wildman–Crippen MR) is 239 cm³/mol. The van der Waals surface area contributed by atoms with E-state index >= 15 is 0 Å². The third kappa shape index (κ3) is 13.4. The molecule has 0 saturated carbocycles. The standard InChI is InChI=1S/C49H85NO14/c1-11-34(51)26-35-19-17-24-48(62-35)28-37-30(2)38(63-48)29-49(58)33(27-45(5,6)64-49)18-15-13-12-14-16-23-46(7,56)44(55)42(61-40-21-20-36(50(9)10)32(4)59-40)41(53)31(3)43(54)47(8,57)25-22-39(52)60-37/h15,18,22,25,30-38,40-44,51,53-58H,11-14,16-17,19-21,23-24,26-29H2,1-10H3/b18-15-,25-22+/t30-,31+,32-,33+,34+,35+,36-,37-,38-,40-,41-,42-,43+,44+,46+,47+,48+,49-/m0/s1. The van der Waals surface area contributed by atoms with Crippen molar-refractivity contribution in [3.05, 3.63) is 24.3 Å². The molecule has 5 aliphatic heterocycles. The van der Waals surface area contributed by atoms with Crippen LogP contribution in [0.3, 0.4) is 0 Å². The number of aliphatic hydroxyl groups is 7. The molecule has 0 amide bonds. The Labute approximate surface area is 382 Å². The summed E-state index contributed by atoms with van der Waals surface area (Å²) in [4.78, 5) is 15.8. The summed E-state index contributed by atoms with van der Waals surface area (Å²) in [5.41, 5.74) is -4.43. The van der Waals surface area contributed by atoms with E-state index < -0.39 is 95.2 Å². The van der Waals surface area contributed by atoms with Crippen molar-refractivity contribution in [1.82, 2.24) is 4.90 Å². The second-order valence-electron chi connectivity index (χ2n) is 21.4. The molecule has 5 rings (SSSR count). The Bertz CT molecular complexity index is 1550. The Morgan fingerprint density at radius 3 is 2.25 bits per heavy atom. The van der Waals surface area contributed by atoms with E-state index in [2.05, 4.69) is 11.0 Å². The first-order chi connectivity index (χ1) is 29.8. The predicted octanol–water partition coefficient (Wildman–Crippen LogP) is 4.78. The van der Waals surface area contributed by atoms with Gasteiger partial charge in [0.25, 0.3) is 0 Å². The van der Waals surface area contributed by atoms with Gasteiger partial charge in [-0.2, -0.15) is 0 Å². The fourth-order valence-electron chi connectivity index (χ4n) is 10.9. The third-order valence-electron chi connectivity index (χ3n) is 15.0. The normalized spacial score (nSPS) is 47.3. The molecule has 370 valence electrons. The fraction of sp³-hybridized carbons (Fsp3) is 0.898. The molecule has 18 atom stereocenters. The average Bonchev–Trinajstić information content (AvgIpc) is 3.45. The largest absolute Gasteiger partial charge is 0.459 e. The number of carbonyl (C=O) groups is 1. The van der Waals surface area contributed by atoms with Gasteiger partial charge in [0.2, 0.25) is 0 Å². The van der Waals surface area contributed by atoms with Gasteiger partial charge in [0, 0.05) is 49.1 Å². The van der Waals surface area contributed by atoms with E-state index in [-0.39, 0.29) is 43.4 Å². The molecule has 0 aromatic carbocycles. The van der Waals surface area contributed by atoms with Crippen molar-refractivity contribution < 1.29 is 69.0 Å². The lowest BCUT2D eigenvalue weighted by Gasteiger charge is -2.51.